The SMILES string of the molecule is C[C@H](CC(=O)c1cc(C(=O)O)c2n1CCOC2)c1ccc(F)cc1. The quantitative estimate of drug-likeness (QED) is 0.854. The molecule has 3 rings (SSSR count). The zero-order valence-corrected chi connectivity index (χ0v) is 13.3. The Balaban J connectivity index is 1.85. The lowest BCUT2D eigenvalue weighted by atomic mass is 9.94. The molecule has 0 aliphatic carbocycles. The highest BCUT2D eigenvalue weighted by molar-refractivity contribution is 5.99. The molecule has 1 aromatic carbocycles. The number of aromatic nitrogens is 1. The highest BCUT2D eigenvalue weighted by Gasteiger charge is 2.26. The number of Topliss-reactive ketones (excluding diaryl/α,β-unsaturated/α-hetero) is 1. The van der Waals surface area contributed by atoms with Crippen molar-refractivity contribution in [2.75, 3.05) is 6.61 Å². The minimum atomic E-state index is -1.06. The largest absolute Gasteiger partial charge is 0.478 e. The highest BCUT2D eigenvalue weighted by Crippen LogP contribution is 2.26. The van der Waals surface area contributed by atoms with Gasteiger partial charge in [-0.05, 0) is 29.7 Å². The Bertz CT molecular complexity index is 779. The lowest BCUT2D eigenvalue weighted by molar-refractivity contribution is 0.0657. The number of benzene rings is 1. The van der Waals surface area contributed by atoms with Crippen molar-refractivity contribution in [2.24, 2.45) is 0 Å². The number of nitrogens with zero attached hydrogens (tertiary/aromatic N) is 1. The van der Waals surface area contributed by atoms with E-state index < -0.39 is 5.97 Å². The van der Waals surface area contributed by atoms with Crippen molar-refractivity contribution in [2.45, 2.75) is 32.4 Å². The molecular weight excluding hydrogens is 313 g/mol. The molecule has 5 nitrogen and oxygen atoms in total. The van der Waals surface area contributed by atoms with Crippen LogP contribution in [0.5, 0.6) is 0 Å². The molecule has 1 aliphatic heterocycles. The number of ether oxygens (including phenoxy) is 1. The van der Waals surface area contributed by atoms with Gasteiger partial charge in [0, 0.05) is 13.0 Å². The van der Waals surface area contributed by atoms with Gasteiger partial charge >= 0.3 is 5.97 Å². The summed E-state index contributed by atoms with van der Waals surface area (Å²) in [4.78, 5) is 24.0. The smallest absolute Gasteiger partial charge is 0.337 e. The van der Waals surface area contributed by atoms with E-state index in [2.05, 4.69) is 0 Å². The number of fused-ring (bicyclic) bond motifs is 1. The first kappa shape index (κ1) is 16.4. The van der Waals surface area contributed by atoms with E-state index in [-0.39, 0.29) is 36.1 Å². The number of ketones is 1. The molecule has 1 aromatic heterocycles. The molecule has 0 bridgehead atoms. The zero-order chi connectivity index (χ0) is 17.3. The Morgan fingerprint density at radius 2 is 2.04 bits per heavy atom. The molecular formula is C18H18FNO4. The Hall–Kier alpha value is -2.47. The third-order valence-electron chi connectivity index (χ3n) is 4.35. The first-order chi connectivity index (χ1) is 11.5. The first-order valence-electron chi connectivity index (χ1n) is 7.79. The number of carbonyl (C=O) groups excluding carboxylic acids is 1. The molecule has 1 atom stereocenters. The van der Waals surface area contributed by atoms with Gasteiger partial charge in [-0.3, -0.25) is 4.79 Å². The third-order valence-corrected chi connectivity index (χ3v) is 4.35. The van der Waals surface area contributed by atoms with Crippen LogP contribution in [0.4, 0.5) is 4.39 Å². The average Bonchev–Trinajstić information content (AvgIpc) is 2.95. The van der Waals surface area contributed by atoms with Crippen LogP contribution in [0.25, 0.3) is 0 Å². The summed E-state index contributed by atoms with van der Waals surface area (Å²) in [6, 6.07) is 7.51. The molecule has 1 aliphatic rings. The van der Waals surface area contributed by atoms with Crippen LogP contribution in [-0.2, 0) is 17.9 Å². The summed E-state index contributed by atoms with van der Waals surface area (Å²) >= 11 is 0. The fourth-order valence-electron chi connectivity index (χ4n) is 3.03. The van der Waals surface area contributed by atoms with Crippen molar-refractivity contribution in [3.05, 3.63) is 58.7 Å². The molecule has 0 unspecified atom stereocenters. The maximum atomic E-state index is 13.0. The van der Waals surface area contributed by atoms with E-state index in [1.807, 2.05) is 6.92 Å². The summed E-state index contributed by atoms with van der Waals surface area (Å²) in [6.45, 7) is 3.01. The van der Waals surface area contributed by atoms with Crippen LogP contribution >= 0.6 is 0 Å². The van der Waals surface area contributed by atoms with Crippen LogP contribution in [-0.4, -0.2) is 28.0 Å². The lowest BCUT2D eigenvalue weighted by Crippen LogP contribution is -2.21. The number of carboxylic acid groups (broad SMARTS) is 1. The molecule has 0 saturated carbocycles. The van der Waals surface area contributed by atoms with Crippen LogP contribution in [0.3, 0.4) is 0 Å². The molecule has 1 N–H and O–H groups in total. The predicted octanol–water partition coefficient (Wildman–Crippen LogP) is 3.23. The fourth-order valence-corrected chi connectivity index (χ4v) is 3.03. The van der Waals surface area contributed by atoms with Crippen LogP contribution in [0.1, 0.15) is 51.4 Å². The minimum Gasteiger partial charge on any atom is -0.478 e. The zero-order valence-electron chi connectivity index (χ0n) is 13.3. The lowest BCUT2D eigenvalue weighted by Gasteiger charge is -2.19. The highest BCUT2D eigenvalue weighted by atomic mass is 19.1. The Morgan fingerprint density at radius 1 is 1.33 bits per heavy atom. The second-order valence-electron chi connectivity index (χ2n) is 5.98. The van der Waals surface area contributed by atoms with Crippen molar-refractivity contribution in [1.82, 2.24) is 4.57 Å². The van der Waals surface area contributed by atoms with E-state index in [4.69, 9.17) is 4.74 Å². The molecule has 2 heterocycles. The van der Waals surface area contributed by atoms with Gasteiger partial charge in [-0.15, -0.1) is 0 Å². The van der Waals surface area contributed by atoms with Gasteiger partial charge in [0.05, 0.1) is 30.2 Å². The number of aromatic carboxylic acids is 1. The van der Waals surface area contributed by atoms with Crippen molar-refractivity contribution in [3.63, 3.8) is 0 Å². The predicted molar refractivity (Wildman–Crippen MR) is 84.8 cm³/mol. The van der Waals surface area contributed by atoms with E-state index in [0.717, 1.165) is 5.56 Å². The number of hydrogen-bond acceptors (Lipinski definition) is 3. The normalized spacial score (nSPS) is 14.9. The van der Waals surface area contributed by atoms with Gasteiger partial charge in [0.25, 0.3) is 0 Å². The minimum absolute atomic E-state index is 0.0858. The molecule has 0 radical (unpaired) electrons. The van der Waals surface area contributed by atoms with Gasteiger partial charge in [-0.25, -0.2) is 9.18 Å². The van der Waals surface area contributed by atoms with Crippen molar-refractivity contribution in [1.29, 1.82) is 0 Å². The first-order valence-corrected chi connectivity index (χ1v) is 7.79. The van der Waals surface area contributed by atoms with Crippen molar-refractivity contribution >= 4 is 11.8 Å². The van der Waals surface area contributed by atoms with Crippen molar-refractivity contribution < 1.29 is 23.8 Å². The monoisotopic (exact) mass is 331 g/mol. The van der Waals surface area contributed by atoms with E-state index >= 15 is 0 Å². The van der Waals surface area contributed by atoms with Gasteiger partial charge in [-0.2, -0.15) is 0 Å². The molecule has 0 spiro atoms. The molecule has 0 fully saturated rings. The Labute approximate surface area is 138 Å². The number of halogens is 1. The average molecular weight is 331 g/mol. The van der Waals surface area contributed by atoms with Crippen LogP contribution in [0.15, 0.2) is 30.3 Å². The second-order valence-corrected chi connectivity index (χ2v) is 5.98. The third kappa shape index (κ3) is 3.10. The molecule has 2 aromatic rings. The molecule has 6 heteroatoms. The maximum absolute atomic E-state index is 13.0. The summed E-state index contributed by atoms with van der Waals surface area (Å²) in [6.07, 6.45) is 0.231. The van der Waals surface area contributed by atoms with E-state index in [1.54, 1.807) is 16.7 Å². The topological polar surface area (TPSA) is 68.5 Å². The number of rotatable bonds is 5. The number of carbonyl (C=O) groups is 2. The summed E-state index contributed by atoms with van der Waals surface area (Å²) in [5.74, 6) is -1.58. The van der Waals surface area contributed by atoms with E-state index in [9.17, 15) is 19.1 Å². The van der Waals surface area contributed by atoms with Crippen molar-refractivity contribution in [3.8, 4) is 0 Å². The van der Waals surface area contributed by atoms with Crippen LogP contribution in [0.2, 0.25) is 0 Å². The van der Waals surface area contributed by atoms with Crippen LogP contribution < -0.4 is 0 Å². The summed E-state index contributed by atoms with van der Waals surface area (Å²) in [5, 5.41) is 9.31. The fraction of sp³-hybridized carbons (Fsp3) is 0.333. The summed E-state index contributed by atoms with van der Waals surface area (Å²) in [5.41, 5.74) is 1.93. The van der Waals surface area contributed by atoms with Gasteiger partial charge < -0.3 is 14.4 Å². The van der Waals surface area contributed by atoms with E-state index in [1.165, 1.54) is 18.2 Å². The Kier molecular flexibility index (Phi) is 4.49. The van der Waals surface area contributed by atoms with Gasteiger partial charge in [0.15, 0.2) is 5.78 Å². The van der Waals surface area contributed by atoms with E-state index in [0.29, 0.717) is 24.5 Å². The Morgan fingerprint density at radius 3 is 2.71 bits per heavy atom. The maximum Gasteiger partial charge on any atom is 0.337 e. The summed E-state index contributed by atoms with van der Waals surface area (Å²) in [7, 11) is 0. The molecule has 0 amide bonds. The standard InChI is InChI=1S/C18H18FNO4/c1-11(12-2-4-13(19)5-3-12)8-17(21)15-9-14(18(22)23)16-10-24-7-6-20(15)16/h2-5,9,11H,6-8,10H2,1H3,(H,22,23)/t11-/m1/s1. The molecule has 0 saturated heterocycles. The van der Waals surface area contributed by atoms with Gasteiger partial charge in [0.1, 0.15) is 5.82 Å². The second kappa shape index (κ2) is 6.57. The number of hydrogen-bond donors (Lipinski definition) is 1. The van der Waals surface area contributed by atoms with Crippen LogP contribution in [0, 0.1) is 5.82 Å². The molecule has 24 heavy (non-hydrogen) atoms. The number of carboxylic acids is 1. The van der Waals surface area contributed by atoms with Gasteiger partial charge in [0.2, 0.25) is 0 Å². The van der Waals surface area contributed by atoms with Gasteiger partial charge in [-0.1, -0.05) is 19.1 Å². The molecule has 126 valence electrons. The summed E-state index contributed by atoms with van der Waals surface area (Å²) < 4.78 is 20.1.